The third-order valence-electron chi connectivity index (χ3n) is 4.36. The number of carboxylic acids is 1. The molecule has 0 aliphatic carbocycles. The van der Waals surface area contributed by atoms with Gasteiger partial charge in [0.2, 0.25) is 0 Å². The van der Waals surface area contributed by atoms with E-state index < -0.39 is 29.2 Å². The molecule has 2 atom stereocenters. The maximum atomic E-state index is 12.8. The zero-order valence-corrected chi connectivity index (χ0v) is 17.9. The number of allylic oxidation sites excluding steroid dienone is 1. The van der Waals surface area contributed by atoms with Crippen molar-refractivity contribution >= 4 is 64.1 Å². The molecule has 14 heteroatoms. The first-order chi connectivity index (χ1) is 14.9. The Balaban J connectivity index is 1.77. The van der Waals surface area contributed by atoms with E-state index in [4.69, 9.17) is 11.6 Å². The number of hydrazone groups is 2. The number of nitrogens with two attached hydrogens (primary N) is 2. The topological polar surface area (TPSA) is 188 Å². The van der Waals surface area contributed by atoms with Gasteiger partial charge in [0.25, 0.3) is 11.8 Å². The third kappa shape index (κ3) is 4.54. The highest BCUT2D eigenvalue weighted by Crippen LogP contribution is 2.40. The molecule has 0 spiro atoms. The van der Waals surface area contributed by atoms with Gasteiger partial charge >= 0.3 is 5.97 Å². The van der Waals surface area contributed by atoms with Crippen molar-refractivity contribution in [2.24, 2.45) is 16.0 Å². The van der Waals surface area contributed by atoms with Crippen molar-refractivity contribution < 1.29 is 19.5 Å². The maximum Gasteiger partial charge on any atom is 0.353 e. The molecule has 1 aromatic rings. The summed E-state index contributed by atoms with van der Waals surface area (Å²) in [5, 5.41) is 20.8. The Kier molecular flexibility index (Phi) is 6.91. The number of nitrogens with zero attached hydrogens (tertiary/aromatic N) is 4. The lowest BCUT2D eigenvalue weighted by atomic mass is 10.0. The number of anilines is 1. The number of hydrogen-bond acceptors (Lipinski definition) is 10. The van der Waals surface area contributed by atoms with Crippen LogP contribution in [0.25, 0.3) is 5.57 Å². The van der Waals surface area contributed by atoms with Crippen LogP contribution in [0.4, 0.5) is 5.13 Å². The minimum atomic E-state index is -1.26. The first kappa shape index (κ1) is 22.3. The largest absolute Gasteiger partial charge is 0.477 e. The summed E-state index contributed by atoms with van der Waals surface area (Å²) in [6, 6.07) is -0.857. The average Bonchev–Trinajstić information content (AvgIpc) is 3.18. The summed E-state index contributed by atoms with van der Waals surface area (Å²) in [7, 11) is 0. The number of hydrogen-bond donors (Lipinski definition) is 5. The molecule has 1 unspecified atom stereocenters. The molecule has 1 fully saturated rings. The van der Waals surface area contributed by atoms with Gasteiger partial charge in [-0.1, -0.05) is 13.0 Å². The van der Waals surface area contributed by atoms with Gasteiger partial charge in [-0.2, -0.15) is 10.2 Å². The van der Waals surface area contributed by atoms with E-state index in [1.54, 1.807) is 11.5 Å². The van der Waals surface area contributed by atoms with Crippen LogP contribution in [0.2, 0.25) is 0 Å². The average molecular weight is 465 g/mol. The van der Waals surface area contributed by atoms with Crippen LogP contribution in [0, 0.1) is 0 Å². The first-order valence-corrected chi connectivity index (χ1v) is 11.0. The second-order valence-electron chi connectivity index (χ2n) is 6.30. The lowest BCUT2D eigenvalue weighted by Gasteiger charge is -2.49. The lowest BCUT2D eigenvalue weighted by molar-refractivity contribution is -0.150. The summed E-state index contributed by atoms with van der Waals surface area (Å²) < 4.78 is 0. The van der Waals surface area contributed by atoms with E-state index in [-0.39, 0.29) is 11.4 Å². The number of nitrogen functional groups attached to an aromatic ring is 1. The van der Waals surface area contributed by atoms with E-state index in [9.17, 15) is 19.5 Å². The van der Waals surface area contributed by atoms with Crippen LogP contribution >= 0.6 is 23.1 Å². The van der Waals surface area contributed by atoms with Crippen LogP contribution in [0.1, 0.15) is 19.0 Å². The second kappa shape index (κ2) is 9.61. The smallest absolute Gasteiger partial charge is 0.353 e. The van der Waals surface area contributed by atoms with Gasteiger partial charge in [-0.3, -0.25) is 19.9 Å². The molecular weight excluding hydrogens is 444 g/mol. The summed E-state index contributed by atoms with van der Waals surface area (Å²) in [4.78, 5) is 42.7. The summed E-state index contributed by atoms with van der Waals surface area (Å²) >= 11 is 2.53. The zero-order valence-electron chi connectivity index (χ0n) is 16.3. The predicted octanol–water partition coefficient (Wildman–Crippen LogP) is -0.265. The van der Waals surface area contributed by atoms with Crippen LogP contribution in [-0.4, -0.2) is 62.5 Å². The number of aliphatic carboxylic acids is 1. The molecule has 0 radical (unpaired) electrons. The summed E-state index contributed by atoms with van der Waals surface area (Å²) in [6.45, 7) is 1.87. The molecule has 1 aromatic heterocycles. The summed E-state index contributed by atoms with van der Waals surface area (Å²) in [6.07, 6.45) is 4.70. The third-order valence-corrected chi connectivity index (χ3v) is 6.34. The molecule has 7 N–H and O–H groups in total. The number of β-lactam (4-membered cyclic amide) rings is 1. The number of aromatic nitrogens is 1. The minimum absolute atomic E-state index is 0.175. The van der Waals surface area contributed by atoms with E-state index in [0.717, 1.165) is 11.2 Å². The van der Waals surface area contributed by atoms with Crippen molar-refractivity contribution in [1.29, 1.82) is 0 Å². The Morgan fingerprint density at radius 1 is 1.48 bits per heavy atom. The Hall–Kier alpha value is -3.39. The second-order valence-corrected chi connectivity index (χ2v) is 8.30. The quantitative estimate of drug-likeness (QED) is 0.0861. The van der Waals surface area contributed by atoms with Gasteiger partial charge in [0.05, 0.1) is 17.5 Å². The molecule has 164 valence electrons. The Labute approximate surface area is 185 Å². The summed E-state index contributed by atoms with van der Waals surface area (Å²) in [5.41, 5.74) is 8.99. The number of amides is 2. The van der Waals surface area contributed by atoms with Gasteiger partial charge in [-0.25, -0.2) is 9.78 Å². The van der Waals surface area contributed by atoms with Crippen molar-refractivity contribution in [3.05, 3.63) is 28.4 Å². The van der Waals surface area contributed by atoms with Crippen molar-refractivity contribution in [3.8, 4) is 0 Å². The van der Waals surface area contributed by atoms with E-state index >= 15 is 0 Å². The lowest BCUT2D eigenvalue weighted by Crippen LogP contribution is -2.70. The van der Waals surface area contributed by atoms with Crippen molar-refractivity contribution in [1.82, 2.24) is 20.6 Å². The van der Waals surface area contributed by atoms with Gasteiger partial charge in [0.1, 0.15) is 23.5 Å². The Bertz CT molecular complexity index is 1020. The highest BCUT2D eigenvalue weighted by molar-refractivity contribution is 8.00. The number of carboxylic acid groups (broad SMARTS) is 1. The summed E-state index contributed by atoms with van der Waals surface area (Å²) in [5.74, 6) is 2.99. The SMILES string of the molecule is CC/C=C(\C(=O)NC1C(=O)N2C(C(=O)O)=C(C=NNC=NN)CS[C@@H]12)c1csc(N)n1. The number of nitrogens with one attached hydrogen (secondary N) is 2. The van der Waals surface area contributed by atoms with Crippen LogP contribution < -0.4 is 22.3 Å². The van der Waals surface area contributed by atoms with E-state index in [1.807, 2.05) is 6.92 Å². The minimum Gasteiger partial charge on any atom is -0.477 e. The molecule has 0 bridgehead atoms. The number of rotatable bonds is 8. The number of thioether (sulfide) groups is 1. The zero-order chi connectivity index (χ0) is 22.5. The fourth-order valence-electron chi connectivity index (χ4n) is 3.07. The van der Waals surface area contributed by atoms with Crippen LogP contribution in [0.15, 0.2) is 32.9 Å². The molecule has 3 rings (SSSR count). The molecule has 31 heavy (non-hydrogen) atoms. The predicted molar refractivity (Wildman–Crippen MR) is 119 cm³/mol. The van der Waals surface area contributed by atoms with Gasteiger partial charge in [0.15, 0.2) is 5.13 Å². The molecule has 0 saturated carbocycles. The number of thiazole rings is 1. The highest BCUT2D eigenvalue weighted by atomic mass is 32.2. The van der Waals surface area contributed by atoms with Crippen molar-refractivity contribution in [3.63, 3.8) is 0 Å². The fourth-order valence-corrected chi connectivity index (χ4v) is 4.93. The first-order valence-electron chi connectivity index (χ1n) is 9.02. The van der Waals surface area contributed by atoms with E-state index in [0.29, 0.717) is 28.4 Å². The van der Waals surface area contributed by atoms with E-state index in [1.165, 1.54) is 29.3 Å². The molecule has 2 amide bonds. The molecular formula is C17H20N8O4S2. The molecule has 2 aliphatic heterocycles. The van der Waals surface area contributed by atoms with E-state index in [2.05, 4.69) is 25.9 Å². The number of carbonyl (C=O) groups is 3. The van der Waals surface area contributed by atoms with Gasteiger partial charge in [-0.05, 0) is 6.42 Å². The standard InChI is InChI=1S/C17H20N8O4S2/c1-2-3-9(10-6-31-17(18)23-10)13(26)24-11-14(27)25-12(16(28)29)8(5-30-15(11)25)4-21-22-7-20-19/h3-4,6-7,11,15H,2,5,19H2,1H3,(H2,18,23)(H,20,22)(H,24,26)(H,28,29)/b9-3-,21-4?/t11?,15-/m0/s1. The van der Waals surface area contributed by atoms with Crippen LogP contribution in [-0.2, 0) is 14.4 Å². The number of carbonyl (C=O) groups excluding carboxylic acids is 2. The number of fused-ring (bicyclic) bond motifs is 1. The molecule has 2 aliphatic rings. The molecule has 3 heterocycles. The maximum absolute atomic E-state index is 12.8. The van der Waals surface area contributed by atoms with Crippen LogP contribution in [0.5, 0.6) is 0 Å². The van der Waals surface area contributed by atoms with Crippen molar-refractivity contribution in [2.75, 3.05) is 11.5 Å². The van der Waals surface area contributed by atoms with Gasteiger partial charge in [-0.15, -0.1) is 23.1 Å². The fraction of sp³-hybridized carbons (Fsp3) is 0.294. The van der Waals surface area contributed by atoms with Gasteiger partial charge < -0.3 is 22.0 Å². The van der Waals surface area contributed by atoms with Gasteiger partial charge in [0, 0.05) is 16.7 Å². The van der Waals surface area contributed by atoms with Crippen molar-refractivity contribution in [2.45, 2.75) is 24.8 Å². The Morgan fingerprint density at radius 3 is 2.87 bits per heavy atom. The van der Waals surface area contributed by atoms with Crippen LogP contribution in [0.3, 0.4) is 0 Å². The monoisotopic (exact) mass is 464 g/mol. The Morgan fingerprint density at radius 2 is 2.26 bits per heavy atom. The normalized spacial score (nSPS) is 21.4. The molecule has 1 saturated heterocycles. The molecule has 12 nitrogen and oxygen atoms in total. The molecule has 0 aromatic carbocycles. The highest BCUT2D eigenvalue weighted by Gasteiger charge is 2.54.